The van der Waals surface area contributed by atoms with Gasteiger partial charge in [-0.25, -0.2) is 0 Å². The zero-order valence-electron chi connectivity index (χ0n) is 12.0. The fraction of sp³-hybridized carbons (Fsp3) is 0.400. The van der Waals surface area contributed by atoms with Gasteiger partial charge in [-0.2, -0.15) is 24.9 Å². The number of hydrogen-bond acceptors (Lipinski definition) is 3. The summed E-state index contributed by atoms with van der Waals surface area (Å²) in [5.74, 6) is 1.17. The van der Waals surface area contributed by atoms with Crippen LogP contribution in [0.5, 0.6) is 5.75 Å². The molecule has 0 aromatic heterocycles. The minimum absolute atomic E-state index is 0.0660. The van der Waals surface area contributed by atoms with Crippen molar-refractivity contribution in [2.45, 2.75) is 12.6 Å². The quantitative estimate of drug-likeness (QED) is 0.555. The molecule has 3 nitrogen and oxygen atoms in total. The van der Waals surface area contributed by atoms with E-state index in [1.165, 1.54) is 23.9 Å². The summed E-state index contributed by atoms with van der Waals surface area (Å²) < 4.78 is 42.8. The summed E-state index contributed by atoms with van der Waals surface area (Å²) >= 11 is 1.45. The van der Waals surface area contributed by atoms with E-state index in [2.05, 4.69) is 11.9 Å². The molecule has 1 rings (SSSR count). The molecule has 1 aromatic carbocycles. The highest BCUT2D eigenvalue weighted by Crippen LogP contribution is 2.31. The Bertz CT molecular complexity index is 492. The van der Waals surface area contributed by atoms with Gasteiger partial charge >= 0.3 is 6.18 Å². The average Bonchev–Trinajstić information content (AvgIpc) is 2.48. The monoisotopic (exact) mass is 333 g/mol. The van der Waals surface area contributed by atoms with Crippen LogP contribution in [0.4, 0.5) is 13.2 Å². The zero-order valence-corrected chi connectivity index (χ0v) is 12.8. The van der Waals surface area contributed by atoms with Crippen LogP contribution in [-0.2, 0) is 11.0 Å². The van der Waals surface area contributed by atoms with Crippen molar-refractivity contribution >= 4 is 17.7 Å². The van der Waals surface area contributed by atoms with E-state index in [1.807, 2.05) is 0 Å². The third-order valence-electron chi connectivity index (χ3n) is 2.54. The number of carbonyl (C=O) groups is 1. The number of alkyl halides is 3. The molecule has 0 radical (unpaired) electrons. The number of hydrogen-bond donors (Lipinski definition) is 1. The maximum Gasteiger partial charge on any atom is 0.416 e. The molecular formula is C15H18F3NO2S. The van der Waals surface area contributed by atoms with Crippen LogP contribution in [0.1, 0.15) is 12.0 Å². The van der Waals surface area contributed by atoms with Crippen molar-refractivity contribution in [2.75, 3.05) is 24.7 Å². The second-order valence-electron chi connectivity index (χ2n) is 4.37. The Balaban J connectivity index is 2.20. The van der Waals surface area contributed by atoms with Crippen molar-refractivity contribution < 1.29 is 22.7 Å². The maximum absolute atomic E-state index is 12.5. The molecule has 0 aliphatic heterocycles. The fourth-order valence-electron chi connectivity index (χ4n) is 1.52. The van der Waals surface area contributed by atoms with Crippen molar-refractivity contribution in [3.63, 3.8) is 0 Å². The number of halogens is 3. The van der Waals surface area contributed by atoms with Crippen molar-refractivity contribution in [1.82, 2.24) is 5.32 Å². The molecule has 0 aliphatic rings. The standard InChI is InChI=1S/C15H18F3NO2S/c1-2-7-19-14(20)11-22-9-4-8-21-13-6-3-5-12(10-13)15(16,17)18/h2-3,5-6,10H,1,4,7-9,11H2,(H,19,20). The third-order valence-corrected chi connectivity index (χ3v) is 3.58. The van der Waals surface area contributed by atoms with Crippen LogP contribution in [0.15, 0.2) is 36.9 Å². The Hall–Kier alpha value is -1.63. The van der Waals surface area contributed by atoms with Gasteiger partial charge in [-0.1, -0.05) is 12.1 Å². The molecular weight excluding hydrogens is 315 g/mol. The molecule has 1 N–H and O–H groups in total. The van der Waals surface area contributed by atoms with Crippen molar-refractivity contribution in [3.8, 4) is 5.75 Å². The number of rotatable bonds is 9. The Morgan fingerprint density at radius 2 is 2.18 bits per heavy atom. The van der Waals surface area contributed by atoms with Gasteiger partial charge in [0.25, 0.3) is 0 Å². The van der Waals surface area contributed by atoms with Gasteiger partial charge in [0, 0.05) is 6.54 Å². The van der Waals surface area contributed by atoms with E-state index in [9.17, 15) is 18.0 Å². The molecule has 0 saturated carbocycles. The summed E-state index contributed by atoms with van der Waals surface area (Å²) in [6.07, 6.45) is -2.12. The van der Waals surface area contributed by atoms with E-state index < -0.39 is 11.7 Å². The summed E-state index contributed by atoms with van der Waals surface area (Å²) in [5.41, 5.74) is -0.724. The summed E-state index contributed by atoms with van der Waals surface area (Å²) in [6.45, 7) is 4.25. The van der Waals surface area contributed by atoms with Crippen molar-refractivity contribution in [3.05, 3.63) is 42.5 Å². The third kappa shape index (κ3) is 7.40. The van der Waals surface area contributed by atoms with E-state index in [1.54, 1.807) is 6.08 Å². The smallest absolute Gasteiger partial charge is 0.416 e. The number of nitrogens with one attached hydrogen (secondary N) is 1. The molecule has 0 unspecified atom stereocenters. The van der Waals surface area contributed by atoms with Crippen LogP contribution < -0.4 is 10.1 Å². The molecule has 1 amide bonds. The first-order valence-electron chi connectivity index (χ1n) is 6.69. The summed E-state index contributed by atoms with van der Waals surface area (Å²) in [4.78, 5) is 11.3. The normalized spacial score (nSPS) is 11.0. The summed E-state index contributed by atoms with van der Waals surface area (Å²) in [5, 5.41) is 2.65. The zero-order chi connectivity index (χ0) is 16.4. The molecule has 7 heteroatoms. The Morgan fingerprint density at radius 3 is 2.86 bits per heavy atom. The van der Waals surface area contributed by atoms with E-state index in [-0.39, 0.29) is 11.7 Å². The SMILES string of the molecule is C=CCNC(=O)CSCCCOc1cccc(C(F)(F)F)c1. The topological polar surface area (TPSA) is 38.3 Å². The van der Waals surface area contributed by atoms with Crippen LogP contribution in [-0.4, -0.2) is 30.6 Å². The minimum Gasteiger partial charge on any atom is -0.494 e. The first-order chi connectivity index (χ1) is 10.4. The Morgan fingerprint density at radius 1 is 1.41 bits per heavy atom. The number of amides is 1. The first kappa shape index (κ1) is 18.4. The lowest BCUT2D eigenvalue weighted by Crippen LogP contribution is -2.25. The summed E-state index contributed by atoms with van der Waals surface area (Å²) in [6, 6.07) is 4.79. The number of ether oxygens (including phenoxy) is 1. The van der Waals surface area contributed by atoms with E-state index in [4.69, 9.17) is 4.74 Å². The lowest BCUT2D eigenvalue weighted by Gasteiger charge is -2.10. The predicted octanol–water partition coefficient (Wildman–Crippen LogP) is 3.51. The van der Waals surface area contributed by atoms with Crippen molar-refractivity contribution in [2.24, 2.45) is 0 Å². The van der Waals surface area contributed by atoms with Crippen LogP contribution in [0.25, 0.3) is 0 Å². The second kappa shape index (κ2) is 9.40. The molecule has 0 atom stereocenters. The average molecular weight is 333 g/mol. The summed E-state index contributed by atoms with van der Waals surface area (Å²) in [7, 11) is 0. The van der Waals surface area contributed by atoms with Gasteiger partial charge in [-0.3, -0.25) is 4.79 Å². The molecule has 0 aliphatic carbocycles. The Labute approximate surface area is 131 Å². The van der Waals surface area contributed by atoms with E-state index in [0.29, 0.717) is 31.1 Å². The lowest BCUT2D eigenvalue weighted by atomic mass is 10.2. The highest BCUT2D eigenvalue weighted by molar-refractivity contribution is 7.99. The van der Waals surface area contributed by atoms with Gasteiger partial charge < -0.3 is 10.1 Å². The van der Waals surface area contributed by atoms with Crippen LogP contribution in [0.3, 0.4) is 0 Å². The van der Waals surface area contributed by atoms with Crippen molar-refractivity contribution in [1.29, 1.82) is 0 Å². The molecule has 22 heavy (non-hydrogen) atoms. The molecule has 0 heterocycles. The fourth-order valence-corrected chi connectivity index (χ4v) is 2.27. The first-order valence-corrected chi connectivity index (χ1v) is 7.84. The van der Waals surface area contributed by atoms with Gasteiger partial charge in [0.15, 0.2) is 0 Å². The maximum atomic E-state index is 12.5. The molecule has 0 saturated heterocycles. The van der Waals surface area contributed by atoms with Gasteiger partial charge in [0.2, 0.25) is 5.91 Å². The lowest BCUT2D eigenvalue weighted by molar-refractivity contribution is -0.137. The molecule has 0 spiro atoms. The molecule has 0 bridgehead atoms. The second-order valence-corrected chi connectivity index (χ2v) is 5.48. The molecule has 122 valence electrons. The van der Waals surface area contributed by atoms with Gasteiger partial charge in [0.1, 0.15) is 5.75 Å². The Kier molecular flexibility index (Phi) is 7.87. The van der Waals surface area contributed by atoms with E-state index in [0.717, 1.165) is 12.1 Å². The number of benzene rings is 1. The largest absolute Gasteiger partial charge is 0.494 e. The predicted molar refractivity (Wildman–Crippen MR) is 82.1 cm³/mol. The molecule has 0 fully saturated rings. The van der Waals surface area contributed by atoms with E-state index >= 15 is 0 Å². The van der Waals surface area contributed by atoms with Crippen LogP contribution in [0.2, 0.25) is 0 Å². The highest BCUT2D eigenvalue weighted by atomic mass is 32.2. The van der Waals surface area contributed by atoms with Crippen LogP contribution >= 0.6 is 11.8 Å². The van der Waals surface area contributed by atoms with Gasteiger partial charge in [0.05, 0.1) is 17.9 Å². The van der Waals surface area contributed by atoms with Crippen LogP contribution in [0, 0.1) is 0 Å². The van der Waals surface area contributed by atoms with Gasteiger partial charge in [-0.05, 0) is 30.4 Å². The highest BCUT2D eigenvalue weighted by Gasteiger charge is 2.30. The minimum atomic E-state index is -4.37. The number of thioether (sulfide) groups is 1. The number of carbonyl (C=O) groups excluding carboxylic acids is 1. The molecule has 1 aromatic rings. The van der Waals surface area contributed by atoms with Gasteiger partial charge in [-0.15, -0.1) is 6.58 Å².